The van der Waals surface area contributed by atoms with Crippen LogP contribution in [0.15, 0.2) is 58.1 Å². The van der Waals surface area contributed by atoms with Crippen molar-refractivity contribution >= 4 is 28.3 Å². The van der Waals surface area contributed by atoms with Gasteiger partial charge in [-0.15, -0.1) is 0 Å². The number of rotatable bonds is 8. The molecule has 34 heavy (non-hydrogen) atoms. The quantitative estimate of drug-likeness (QED) is 0.410. The van der Waals surface area contributed by atoms with Crippen molar-refractivity contribution in [1.29, 1.82) is 0 Å². The molecule has 0 saturated carbocycles. The van der Waals surface area contributed by atoms with E-state index < -0.39 is 5.69 Å². The van der Waals surface area contributed by atoms with Crippen LogP contribution in [0.4, 0.5) is 5.69 Å². The summed E-state index contributed by atoms with van der Waals surface area (Å²) in [6, 6.07) is 14.6. The Bertz CT molecular complexity index is 1280. The van der Waals surface area contributed by atoms with Crippen LogP contribution in [0.1, 0.15) is 43.0 Å². The van der Waals surface area contributed by atoms with Crippen molar-refractivity contribution in [2.45, 2.75) is 39.2 Å². The normalized spacial score (nSPS) is 13.9. The Kier molecular flexibility index (Phi) is 7.25. The van der Waals surface area contributed by atoms with Gasteiger partial charge in [0.2, 0.25) is 5.91 Å². The lowest BCUT2D eigenvalue weighted by Gasteiger charge is -2.36. The lowest BCUT2D eigenvalue weighted by atomic mass is 10.1. The Morgan fingerprint density at radius 1 is 0.882 bits per heavy atom. The molecule has 3 aromatic rings. The predicted octanol–water partition coefficient (Wildman–Crippen LogP) is 2.80. The minimum atomic E-state index is -0.395. The van der Waals surface area contributed by atoms with Crippen LogP contribution in [0, 0.1) is 0 Å². The highest BCUT2D eigenvalue weighted by molar-refractivity contribution is 5.94. The van der Waals surface area contributed by atoms with Gasteiger partial charge in [0.1, 0.15) is 0 Å². The van der Waals surface area contributed by atoms with Crippen LogP contribution in [0.3, 0.4) is 0 Å². The van der Waals surface area contributed by atoms with E-state index in [1.165, 1.54) is 4.57 Å². The van der Waals surface area contributed by atoms with E-state index in [4.69, 9.17) is 0 Å². The van der Waals surface area contributed by atoms with Crippen molar-refractivity contribution in [1.82, 2.24) is 14.5 Å². The van der Waals surface area contributed by atoms with E-state index in [1.54, 1.807) is 31.2 Å². The van der Waals surface area contributed by atoms with Crippen LogP contribution in [0.25, 0.3) is 10.9 Å². The van der Waals surface area contributed by atoms with Gasteiger partial charge in [0.05, 0.1) is 10.9 Å². The summed E-state index contributed by atoms with van der Waals surface area (Å²) >= 11 is 0. The number of unbranched alkanes of at least 4 members (excludes halogenated alkanes) is 2. The number of aromatic nitrogens is 2. The Labute approximate surface area is 197 Å². The van der Waals surface area contributed by atoms with E-state index in [2.05, 4.69) is 9.88 Å². The highest BCUT2D eigenvalue weighted by Crippen LogP contribution is 2.18. The molecule has 2 heterocycles. The molecule has 1 N–H and O–H groups in total. The van der Waals surface area contributed by atoms with Crippen molar-refractivity contribution in [3.05, 3.63) is 74.9 Å². The number of anilines is 1. The van der Waals surface area contributed by atoms with Gasteiger partial charge in [-0.25, -0.2) is 4.79 Å². The fourth-order valence-electron chi connectivity index (χ4n) is 4.40. The number of carbonyl (C=O) groups excluding carboxylic acids is 2. The fourth-order valence-corrected chi connectivity index (χ4v) is 4.40. The molecule has 2 aromatic carbocycles. The molecule has 1 saturated heterocycles. The second-order valence-electron chi connectivity index (χ2n) is 8.71. The van der Waals surface area contributed by atoms with Gasteiger partial charge in [0, 0.05) is 50.4 Å². The van der Waals surface area contributed by atoms with Crippen LogP contribution in [-0.4, -0.2) is 52.3 Å². The van der Waals surface area contributed by atoms with Gasteiger partial charge in [-0.05, 0) is 56.2 Å². The number of ketones is 1. The van der Waals surface area contributed by atoms with Gasteiger partial charge in [-0.1, -0.05) is 18.6 Å². The number of aromatic amines is 1. The third-order valence-electron chi connectivity index (χ3n) is 6.43. The third-order valence-corrected chi connectivity index (χ3v) is 6.43. The molecule has 0 aliphatic carbocycles. The summed E-state index contributed by atoms with van der Waals surface area (Å²) in [7, 11) is 0. The first kappa shape index (κ1) is 23.5. The van der Waals surface area contributed by atoms with Gasteiger partial charge in [-0.2, -0.15) is 0 Å². The highest BCUT2D eigenvalue weighted by atomic mass is 16.2. The molecule has 8 heteroatoms. The lowest BCUT2D eigenvalue weighted by Crippen LogP contribution is -2.48. The van der Waals surface area contributed by atoms with E-state index in [0.29, 0.717) is 48.9 Å². The van der Waals surface area contributed by atoms with Gasteiger partial charge in [0.15, 0.2) is 5.78 Å². The first-order valence-electron chi connectivity index (χ1n) is 11.8. The Morgan fingerprint density at radius 3 is 2.29 bits per heavy atom. The number of hydrogen-bond acceptors (Lipinski definition) is 5. The molecule has 0 radical (unpaired) electrons. The highest BCUT2D eigenvalue weighted by Gasteiger charge is 2.21. The Morgan fingerprint density at radius 2 is 1.59 bits per heavy atom. The van der Waals surface area contributed by atoms with Crippen LogP contribution in [0.2, 0.25) is 0 Å². The molecule has 0 bridgehead atoms. The summed E-state index contributed by atoms with van der Waals surface area (Å²) in [6.07, 6.45) is 2.63. The number of Topliss-reactive ketones (excluding diaryl/α,β-unsaturated/α-hetero) is 1. The number of benzene rings is 2. The first-order valence-corrected chi connectivity index (χ1v) is 11.8. The van der Waals surface area contributed by atoms with Crippen molar-refractivity contribution in [3.8, 4) is 0 Å². The van der Waals surface area contributed by atoms with E-state index in [9.17, 15) is 19.2 Å². The minimum absolute atomic E-state index is 0.0538. The maximum absolute atomic E-state index is 12.6. The van der Waals surface area contributed by atoms with Crippen molar-refractivity contribution in [2.24, 2.45) is 0 Å². The van der Waals surface area contributed by atoms with E-state index in [1.807, 2.05) is 29.2 Å². The molecular weight excluding hydrogens is 432 g/mol. The van der Waals surface area contributed by atoms with E-state index >= 15 is 0 Å². The van der Waals surface area contributed by atoms with Gasteiger partial charge < -0.3 is 14.8 Å². The molecule has 1 fully saturated rings. The SMILES string of the molecule is CC(=O)c1ccc(N2CCN(C(=O)CCCCCn3c(=O)[nH]c4ccccc4c3=O)CC2)cc1. The summed E-state index contributed by atoms with van der Waals surface area (Å²) in [5.74, 6) is 0.199. The molecule has 4 rings (SSSR count). The Hall–Kier alpha value is -3.68. The largest absolute Gasteiger partial charge is 0.368 e. The molecule has 1 aliphatic rings. The summed E-state index contributed by atoms with van der Waals surface area (Å²) in [5.41, 5.74) is 1.65. The number of nitrogens with one attached hydrogen (secondary N) is 1. The third kappa shape index (κ3) is 5.27. The van der Waals surface area contributed by atoms with Crippen LogP contribution in [-0.2, 0) is 11.3 Å². The summed E-state index contributed by atoms with van der Waals surface area (Å²) in [6.45, 7) is 4.78. The van der Waals surface area contributed by atoms with Gasteiger partial charge >= 0.3 is 5.69 Å². The number of carbonyl (C=O) groups is 2. The fraction of sp³-hybridized carbons (Fsp3) is 0.385. The predicted molar refractivity (Wildman–Crippen MR) is 133 cm³/mol. The topological polar surface area (TPSA) is 95.5 Å². The molecule has 0 spiro atoms. The summed E-state index contributed by atoms with van der Waals surface area (Å²) < 4.78 is 1.24. The van der Waals surface area contributed by atoms with Crippen LogP contribution in [0.5, 0.6) is 0 Å². The van der Waals surface area contributed by atoms with Crippen LogP contribution >= 0.6 is 0 Å². The summed E-state index contributed by atoms with van der Waals surface area (Å²) in [4.78, 5) is 55.7. The number of amides is 1. The second kappa shape index (κ2) is 10.5. The van der Waals surface area contributed by atoms with Gasteiger partial charge in [0.25, 0.3) is 5.56 Å². The standard InChI is InChI=1S/C26H30N4O4/c1-19(31)20-10-12-21(13-11-20)28-15-17-29(18-16-28)24(32)9-3-2-6-14-30-25(33)22-7-4-5-8-23(22)27-26(30)34/h4-5,7-8,10-13H,2-3,6,9,14-18H2,1H3,(H,27,34). The average Bonchev–Trinajstić information content (AvgIpc) is 2.85. The zero-order chi connectivity index (χ0) is 24.1. The average molecular weight is 463 g/mol. The van der Waals surface area contributed by atoms with E-state index in [-0.39, 0.29) is 17.2 Å². The summed E-state index contributed by atoms with van der Waals surface area (Å²) in [5, 5.41) is 0.506. The Balaban J connectivity index is 1.20. The van der Waals surface area contributed by atoms with Crippen molar-refractivity contribution < 1.29 is 9.59 Å². The number of H-pyrrole nitrogens is 1. The first-order chi connectivity index (χ1) is 16.4. The number of fused-ring (bicyclic) bond motifs is 1. The minimum Gasteiger partial charge on any atom is -0.368 e. The molecule has 0 atom stereocenters. The molecule has 0 unspecified atom stereocenters. The smallest absolute Gasteiger partial charge is 0.328 e. The zero-order valence-corrected chi connectivity index (χ0v) is 19.5. The van der Waals surface area contributed by atoms with Crippen molar-refractivity contribution in [3.63, 3.8) is 0 Å². The molecule has 1 amide bonds. The lowest BCUT2D eigenvalue weighted by molar-refractivity contribution is -0.131. The van der Waals surface area contributed by atoms with E-state index in [0.717, 1.165) is 31.6 Å². The number of piperazine rings is 1. The number of hydrogen-bond donors (Lipinski definition) is 1. The van der Waals surface area contributed by atoms with Gasteiger partial charge in [-0.3, -0.25) is 19.0 Å². The molecule has 1 aromatic heterocycles. The maximum Gasteiger partial charge on any atom is 0.328 e. The number of nitrogens with zero attached hydrogens (tertiary/aromatic N) is 3. The second-order valence-corrected chi connectivity index (χ2v) is 8.71. The monoisotopic (exact) mass is 462 g/mol. The number of para-hydroxylation sites is 1. The maximum atomic E-state index is 12.6. The van der Waals surface area contributed by atoms with Crippen LogP contribution < -0.4 is 16.1 Å². The molecular formula is C26H30N4O4. The van der Waals surface area contributed by atoms with Crippen molar-refractivity contribution in [2.75, 3.05) is 31.1 Å². The zero-order valence-electron chi connectivity index (χ0n) is 19.5. The molecule has 178 valence electrons. The molecule has 8 nitrogen and oxygen atoms in total. The molecule has 1 aliphatic heterocycles.